The molecule has 0 radical (unpaired) electrons. The molecule has 2 N–H and O–H groups in total. The van der Waals surface area contributed by atoms with E-state index in [1.54, 1.807) is 0 Å². The number of nitrogens with zero attached hydrogens (tertiary/aromatic N) is 1. The van der Waals surface area contributed by atoms with E-state index in [0.717, 1.165) is 22.2 Å². The van der Waals surface area contributed by atoms with Crippen LogP contribution in [0.2, 0.25) is 0 Å². The van der Waals surface area contributed by atoms with E-state index in [1.807, 2.05) is 24.3 Å². The molecule has 4 nitrogen and oxygen atoms in total. The average Bonchev–Trinajstić information content (AvgIpc) is 2.80. The van der Waals surface area contributed by atoms with Gasteiger partial charge in [0, 0.05) is 23.7 Å². The summed E-state index contributed by atoms with van der Waals surface area (Å²) in [7, 11) is 0. The molecular weight excluding hydrogens is 380 g/mol. The normalized spacial score (nSPS) is 39.5. The SMILES string of the molecule is O=C1C[C@H]([NH2+]C23CC4CC(CC(C4)C2)C3)C(=O)N1c1ccc(Br)cc1. The molecule has 1 saturated heterocycles. The maximum Gasteiger partial charge on any atom is 0.292 e. The van der Waals surface area contributed by atoms with Gasteiger partial charge in [0.1, 0.15) is 0 Å². The summed E-state index contributed by atoms with van der Waals surface area (Å²) in [6, 6.07) is 7.21. The molecule has 25 heavy (non-hydrogen) atoms. The van der Waals surface area contributed by atoms with Gasteiger partial charge in [-0.1, -0.05) is 15.9 Å². The summed E-state index contributed by atoms with van der Waals surface area (Å²) >= 11 is 3.41. The van der Waals surface area contributed by atoms with Crippen LogP contribution in [-0.2, 0) is 9.59 Å². The molecule has 5 heteroatoms. The number of hydrogen-bond donors (Lipinski definition) is 1. The summed E-state index contributed by atoms with van der Waals surface area (Å²) < 4.78 is 0.951. The quantitative estimate of drug-likeness (QED) is 0.788. The Morgan fingerprint density at radius 2 is 1.52 bits per heavy atom. The van der Waals surface area contributed by atoms with E-state index < -0.39 is 0 Å². The number of amides is 2. The number of hydrogen-bond acceptors (Lipinski definition) is 2. The topological polar surface area (TPSA) is 54.0 Å². The number of imide groups is 1. The zero-order chi connectivity index (χ0) is 17.2. The molecule has 2 amide bonds. The smallest absolute Gasteiger partial charge is 0.292 e. The first kappa shape index (κ1) is 16.0. The van der Waals surface area contributed by atoms with Crippen molar-refractivity contribution in [2.45, 2.75) is 56.5 Å². The predicted octanol–water partition coefficient (Wildman–Crippen LogP) is 2.61. The van der Waals surface area contributed by atoms with Crippen molar-refractivity contribution in [2.24, 2.45) is 17.8 Å². The number of rotatable bonds is 3. The van der Waals surface area contributed by atoms with E-state index in [-0.39, 0.29) is 23.4 Å². The molecule has 1 heterocycles. The van der Waals surface area contributed by atoms with Gasteiger partial charge in [-0.15, -0.1) is 0 Å². The third-order valence-electron chi connectivity index (χ3n) is 6.91. The van der Waals surface area contributed by atoms with Gasteiger partial charge < -0.3 is 5.32 Å². The molecule has 4 aliphatic carbocycles. The first-order valence-corrected chi connectivity index (χ1v) is 10.3. The second-order valence-corrected chi connectivity index (χ2v) is 9.72. The minimum Gasteiger partial charge on any atom is -0.331 e. The van der Waals surface area contributed by atoms with Gasteiger partial charge in [-0.25, -0.2) is 4.90 Å². The number of anilines is 1. The Morgan fingerprint density at radius 3 is 2.08 bits per heavy atom. The zero-order valence-corrected chi connectivity index (χ0v) is 15.9. The van der Waals surface area contributed by atoms with Gasteiger partial charge in [-0.05, 0) is 61.3 Å². The summed E-state index contributed by atoms with van der Waals surface area (Å²) in [6.45, 7) is 0. The van der Waals surface area contributed by atoms with Crippen molar-refractivity contribution >= 4 is 33.4 Å². The summed E-state index contributed by atoms with van der Waals surface area (Å²) in [5.74, 6) is 2.49. The third kappa shape index (κ3) is 2.67. The monoisotopic (exact) mass is 403 g/mol. The van der Waals surface area contributed by atoms with Gasteiger partial charge in [-0.3, -0.25) is 9.59 Å². The van der Waals surface area contributed by atoms with Crippen molar-refractivity contribution in [3.8, 4) is 0 Å². The minimum atomic E-state index is -0.229. The molecule has 1 aromatic rings. The van der Waals surface area contributed by atoms with Crippen LogP contribution in [0.5, 0.6) is 0 Å². The Labute approximate surface area is 156 Å². The molecule has 6 rings (SSSR count). The highest BCUT2D eigenvalue weighted by molar-refractivity contribution is 9.10. The van der Waals surface area contributed by atoms with Gasteiger partial charge in [0.2, 0.25) is 5.91 Å². The molecule has 132 valence electrons. The maximum atomic E-state index is 13.0. The average molecular weight is 404 g/mol. The second-order valence-electron chi connectivity index (χ2n) is 8.80. The van der Waals surface area contributed by atoms with Crippen molar-refractivity contribution < 1.29 is 14.9 Å². The van der Waals surface area contributed by atoms with Gasteiger partial charge in [0.25, 0.3) is 5.91 Å². The van der Waals surface area contributed by atoms with Gasteiger partial charge in [0.15, 0.2) is 6.04 Å². The van der Waals surface area contributed by atoms with E-state index in [2.05, 4.69) is 21.2 Å². The fourth-order valence-electron chi connectivity index (χ4n) is 6.46. The van der Waals surface area contributed by atoms with Crippen LogP contribution in [0.3, 0.4) is 0 Å². The summed E-state index contributed by atoms with van der Waals surface area (Å²) in [5.41, 5.74) is 0.921. The molecule has 0 aromatic heterocycles. The molecule has 1 atom stereocenters. The van der Waals surface area contributed by atoms with E-state index >= 15 is 0 Å². The summed E-state index contributed by atoms with van der Waals surface area (Å²) in [6.07, 6.45) is 8.28. The van der Waals surface area contributed by atoms with E-state index in [9.17, 15) is 9.59 Å². The van der Waals surface area contributed by atoms with Crippen molar-refractivity contribution in [1.82, 2.24) is 0 Å². The highest BCUT2D eigenvalue weighted by Gasteiger charge is 2.56. The number of carbonyl (C=O) groups excluding carboxylic acids is 2. The molecule has 4 saturated carbocycles. The molecule has 4 bridgehead atoms. The van der Waals surface area contributed by atoms with Crippen molar-refractivity contribution in [1.29, 1.82) is 0 Å². The summed E-state index contributed by atoms with van der Waals surface area (Å²) in [5, 5.41) is 2.32. The molecular formula is C20H24BrN2O2+. The molecule has 1 aromatic carbocycles. The number of quaternary nitrogens is 1. The van der Waals surface area contributed by atoms with Crippen molar-refractivity contribution in [2.75, 3.05) is 4.90 Å². The molecule has 5 fully saturated rings. The van der Waals surface area contributed by atoms with E-state index in [1.165, 1.54) is 43.4 Å². The van der Waals surface area contributed by atoms with E-state index in [4.69, 9.17) is 0 Å². The fourth-order valence-corrected chi connectivity index (χ4v) is 6.72. The molecule has 0 unspecified atom stereocenters. The fraction of sp³-hybridized carbons (Fsp3) is 0.600. The van der Waals surface area contributed by atoms with Crippen LogP contribution in [0.15, 0.2) is 28.7 Å². The first-order valence-electron chi connectivity index (χ1n) is 9.50. The van der Waals surface area contributed by atoms with E-state index in [0.29, 0.717) is 12.1 Å². The molecule has 1 aliphatic heterocycles. The predicted molar refractivity (Wildman–Crippen MR) is 97.9 cm³/mol. The lowest BCUT2D eigenvalue weighted by molar-refractivity contribution is -0.755. The number of carbonyl (C=O) groups is 2. The highest BCUT2D eigenvalue weighted by atomic mass is 79.9. The standard InChI is InChI=1S/C20H23BrN2O2/c21-15-1-3-16(4-2-15)23-18(24)8-17(19(23)25)22-20-9-12-5-13(10-20)7-14(6-12)11-20/h1-4,12-14,17,22H,5-11H2/p+1/t12?,13?,14?,17-,20?/m0/s1. The Balaban J connectivity index is 1.36. The van der Waals surface area contributed by atoms with Crippen LogP contribution in [0.25, 0.3) is 0 Å². The van der Waals surface area contributed by atoms with Gasteiger partial charge in [0.05, 0.1) is 17.6 Å². The Morgan fingerprint density at radius 1 is 0.960 bits per heavy atom. The maximum absolute atomic E-state index is 13.0. The third-order valence-corrected chi connectivity index (χ3v) is 7.44. The van der Waals surface area contributed by atoms with Crippen LogP contribution >= 0.6 is 15.9 Å². The number of benzene rings is 1. The van der Waals surface area contributed by atoms with Crippen LogP contribution < -0.4 is 10.2 Å². The molecule has 0 spiro atoms. The lowest BCUT2D eigenvalue weighted by Gasteiger charge is -2.55. The van der Waals surface area contributed by atoms with Crippen molar-refractivity contribution in [3.63, 3.8) is 0 Å². The number of nitrogens with two attached hydrogens (primary N) is 1. The van der Waals surface area contributed by atoms with Crippen LogP contribution in [0, 0.1) is 17.8 Å². The lowest BCUT2D eigenvalue weighted by atomic mass is 9.53. The van der Waals surface area contributed by atoms with Crippen LogP contribution in [0.1, 0.15) is 44.9 Å². The minimum absolute atomic E-state index is 0.0249. The Hall–Kier alpha value is -1.20. The largest absolute Gasteiger partial charge is 0.331 e. The highest BCUT2D eigenvalue weighted by Crippen LogP contribution is 2.54. The van der Waals surface area contributed by atoms with Crippen LogP contribution in [-0.4, -0.2) is 23.4 Å². The summed E-state index contributed by atoms with van der Waals surface area (Å²) in [4.78, 5) is 26.9. The van der Waals surface area contributed by atoms with Crippen LogP contribution in [0.4, 0.5) is 5.69 Å². The van der Waals surface area contributed by atoms with Gasteiger partial charge in [-0.2, -0.15) is 0 Å². The first-order chi connectivity index (χ1) is 12.0. The van der Waals surface area contributed by atoms with Crippen molar-refractivity contribution in [3.05, 3.63) is 28.7 Å². The lowest BCUT2D eigenvalue weighted by Crippen LogP contribution is -3.03. The van der Waals surface area contributed by atoms with Gasteiger partial charge >= 0.3 is 0 Å². The molecule has 5 aliphatic rings. The number of halogens is 1. The zero-order valence-electron chi connectivity index (χ0n) is 14.3. The second kappa shape index (κ2) is 5.65. The Bertz CT molecular complexity index is 694. The Kier molecular flexibility index (Phi) is 3.62.